The molecule has 0 spiro atoms. The predicted octanol–water partition coefficient (Wildman–Crippen LogP) is 2.38. The summed E-state index contributed by atoms with van der Waals surface area (Å²) >= 11 is 0. The summed E-state index contributed by atoms with van der Waals surface area (Å²) in [5.41, 5.74) is 1.34. The van der Waals surface area contributed by atoms with Crippen LogP contribution in [0.4, 0.5) is 5.69 Å². The summed E-state index contributed by atoms with van der Waals surface area (Å²) in [7, 11) is 0. The van der Waals surface area contributed by atoms with Crippen molar-refractivity contribution in [2.45, 2.75) is 27.2 Å². The van der Waals surface area contributed by atoms with Gasteiger partial charge in [-0.05, 0) is 36.3 Å². The van der Waals surface area contributed by atoms with Crippen LogP contribution in [0.25, 0.3) is 6.08 Å². The standard InChI is InChI=1S/C16H17NO4/c1-10-8-11(5-7-14(19)20)4-6-12(10)17-13(18)9-16(2,3)15(17)21/h4-8H,9H2,1-3H3,(H,19,20). The van der Waals surface area contributed by atoms with E-state index in [9.17, 15) is 14.4 Å². The van der Waals surface area contributed by atoms with E-state index in [-0.39, 0.29) is 18.2 Å². The van der Waals surface area contributed by atoms with Crippen molar-refractivity contribution in [3.05, 3.63) is 35.4 Å². The third-order valence-electron chi connectivity index (χ3n) is 3.50. The van der Waals surface area contributed by atoms with Gasteiger partial charge in [0, 0.05) is 12.5 Å². The second-order valence-electron chi connectivity index (χ2n) is 5.81. The first-order valence-electron chi connectivity index (χ1n) is 6.61. The van der Waals surface area contributed by atoms with Crippen molar-refractivity contribution in [1.29, 1.82) is 0 Å². The largest absolute Gasteiger partial charge is 0.478 e. The van der Waals surface area contributed by atoms with Gasteiger partial charge in [-0.3, -0.25) is 9.59 Å². The van der Waals surface area contributed by atoms with Crippen LogP contribution >= 0.6 is 0 Å². The van der Waals surface area contributed by atoms with Crippen LogP contribution in [0.15, 0.2) is 24.3 Å². The molecule has 2 amide bonds. The van der Waals surface area contributed by atoms with E-state index in [1.54, 1.807) is 39.0 Å². The van der Waals surface area contributed by atoms with E-state index >= 15 is 0 Å². The molecule has 0 radical (unpaired) electrons. The Hall–Kier alpha value is -2.43. The van der Waals surface area contributed by atoms with Gasteiger partial charge in [-0.1, -0.05) is 19.9 Å². The van der Waals surface area contributed by atoms with Gasteiger partial charge < -0.3 is 5.11 Å². The van der Waals surface area contributed by atoms with Gasteiger partial charge in [0.05, 0.1) is 11.1 Å². The lowest BCUT2D eigenvalue weighted by atomic mass is 9.92. The average molecular weight is 287 g/mol. The number of rotatable bonds is 3. The first kappa shape index (κ1) is 15.0. The van der Waals surface area contributed by atoms with Crippen LogP contribution in [0.2, 0.25) is 0 Å². The quantitative estimate of drug-likeness (QED) is 0.684. The molecule has 2 rings (SSSR count). The van der Waals surface area contributed by atoms with Gasteiger partial charge in [0.1, 0.15) is 0 Å². The lowest BCUT2D eigenvalue weighted by molar-refractivity contribution is -0.131. The second-order valence-corrected chi connectivity index (χ2v) is 5.81. The highest BCUT2D eigenvalue weighted by atomic mass is 16.4. The van der Waals surface area contributed by atoms with Crippen LogP contribution in [0.3, 0.4) is 0 Å². The molecule has 110 valence electrons. The molecule has 5 nitrogen and oxygen atoms in total. The van der Waals surface area contributed by atoms with Crippen molar-refractivity contribution in [1.82, 2.24) is 0 Å². The van der Waals surface area contributed by atoms with E-state index < -0.39 is 11.4 Å². The van der Waals surface area contributed by atoms with Crippen LogP contribution in [0.5, 0.6) is 0 Å². The Morgan fingerprint density at radius 2 is 2.00 bits per heavy atom. The van der Waals surface area contributed by atoms with Crippen molar-refractivity contribution in [2.24, 2.45) is 5.41 Å². The summed E-state index contributed by atoms with van der Waals surface area (Å²) in [4.78, 5) is 36.1. The van der Waals surface area contributed by atoms with Crippen LogP contribution in [-0.2, 0) is 14.4 Å². The zero-order valence-electron chi connectivity index (χ0n) is 12.2. The van der Waals surface area contributed by atoms with E-state index in [1.807, 2.05) is 0 Å². The van der Waals surface area contributed by atoms with Crippen LogP contribution in [0.1, 0.15) is 31.4 Å². The number of aryl methyl sites for hydroxylation is 1. The molecule has 1 heterocycles. The summed E-state index contributed by atoms with van der Waals surface area (Å²) in [5.74, 6) is -1.44. The molecule has 0 atom stereocenters. The molecule has 1 aliphatic rings. The average Bonchev–Trinajstić information content (AvgIpc) is 2.57. The van der Waals surface area contributed by atoms with Crippen LogP contribution in [0, 0.1) is 12.3 Å². The third kappa shape index (κ3) is 2.86. The number of aliphatic carboxylic acids is 1. The summed E-state index contributed by atoms with van der Waals surface area (Å²) in [6, 6.07) is 5.11. The van der Waals surface area contributed by atoms with Crippen LogP contribution < -0.4 is 4.90 Å². The van der Waals surface area contributed by atoms with Gasteiger partial charge in [-0.25, -0.2) is 9.69 Å². The highest BCUT2D eigenvalue weighted by molar-refractivity contribution is 6.22. The molecule has 1 aromatic carbocycles. The summed E-state index contributed by atoms with van der Waals surface area (Å²) < 4.78 is 0. The SMILES string of the molecule is Cc1cc(C=CC(=O)O)ccc1N1C(=O)CC(C)(C)C1=O. The molecule has 1 N–H and O–H groups in total. The minimum atomic E-state index is -1.02. The van der Waals surface area contributed by atoms with E-state index in [0.717, 1.165) is 11.6 Å². The van der Waals surface area contributed by atoms with Crippen LogP contribution in [-0.4, -0.2) is 22.9 Å². The van der Waals surface area contributed by atoms with Gasteiger partial charge >= 0.3 is 5.97 Å². The minimum absolute atomic E-state index is 0.200. The number of anilines is 1. The molecule has 1 aliphatic heterocycles. The molecular weight excluding hydrogens is 270 g/mol. The van der Waals surface area contributed by atoms with Crippen molar-refractivity contribution in [2.75, 3.05) is 4.90 Å². The highest BCUT2D eigenvalue weighted by Crippen LogP contribution is 2.36. The number of amides is 2. The Balaban J connectivity index is 2.36. The number of carboxylic acids is 1. The van der Waals surface area contributed by atoms with E-state index in [0.29, 0.717) is 11.3 Å². The Morgan fingerprint density at radius 3 is 2.48 bits per heavy atom. The molecule has 0 unspecified atom stereocenters. The Morgan fingerprint density at radius 1 is 1.33 bits per heavy atom. The smallest absolute Gasteiger partial charge is 0.328 e. The molecule has 1 saturated heterocycles. The fourth-order valence-corrected chi connectivity index (χ4v) is 2.39. The highest BCUT2D eigenvalue weighted by Gasteiger charge is 2.45. The van der Waals surface area contributed by atoms with Crippen molar-refractivity contribution in [3.8, 4) is 0 Å². The van der Waals surface area contributed by atoms with E-state index in [4.69, 9.17) is 5.11 Å². The Labute approximate surface area is 122 Å². The van der Waals surface area contributed by atoms with Crippen molar-refractivity contribution in [3.63, 3.8) is 0 Å². The number of carbonyl (C=O) groups is 3. The van der Waals surface area contributed by atoms with E-state index in [1.165, 1.54) is 11.0 Å². The molecule has 0 aliphatic carbocycles. The number of carbonyl (C=O) groups excluding carboxylic acids is 2. The number of benzene rings is 1. The normalized spacial score (nSPS) is 17.8. The summed E-state index contributed by atoms with van der Waals surface area (Å²) in [5, 5.41) is 8.61. The first-order chi connectivity index (χ1) is 9.72. The lowest BCUT2D eigenvalue weighted by Crippen LogP contribution is -2.33. The molecule has 0 saturated carbocycles. The molecule has 0 aromatic heterocycles. The molecule has 5 heteroatoms. The number of hydrogen-bond donors (Lipinski definition) is 1. The van der Waals surface area contributed by atoms with Gasteiger partial charge in [-0.2, -0.15) is 0 Å². The lowest BCUT2D eigenvalue weighted by Gasteiger charge is -2.19. The number of carboxylic acid groups (broad SMARTS) is 1. The first-order valence-corrected chi connectivity index (χ1v) is 6.61. The zero-order valence-corrected chi connectivity index (χ0v) is 12.2. The topological polar surface area (TPSA) is 74.7 Å². The Bertz CT molecular complexity index is 658. The molecule has 1 aromatic rings. The van der Waals surface area contributed by atoms with Gasteiger partial charge in [-0.15, -0.1) is 0 Å². The second kappa shape index (κ2) is 5.16. The molecular formula is C16H17NO4. The summed E-state index contributed by atoms with van der Waals surface area (Å²) in [6.45, 7) is 5.30. The maximum Gasteiger partial charge on any atom is 0.328 e. The summed E-state index contributed by atoms with van der Waals surface area (Å²) in [6.07, 6.45) is 2.71. The third-order valence-corrected chi connectivity index (χ3v) is 3.50. The fourth-order valence-electron chi connectivity index (χ4n) is 2.39. The maximum absolute atomic E-state index is 12.3. The van der Waals surface area contributed by atoms with Gasteiger partial charge in [0.2, 0.25) is 11.8 Å². The Kier molecular flexibility index (Phi) is 3.68. The van der Waals surface area contributed by atoms with E-state index in [2.05, 4.69) is 0 Å². The molecule has 21 heavy (non-hydrogen) atoms. The van der Waals surface area contributed by atoms with Crippen molar-refractivity contribution < 1.29 is 19.5 Å². The zero-order chi connectivity index (χ0) is 15.8. The number of nitrogens with zero attached hydrogens (tertiary/aromatic N) is 1. The van der Waals surface area contributed by atoms with Gasteiger partial charge in [0.25, 0.3) is 0 Å². The monoisotopic (exact) mass is 287 g/mol. The van der Waals surface area contributed by atoms with Gasteiger partial charge in [0.15, 0.2) is 0 Å². The predicted molar refractivity (Wildman–Crippen MR) is 78.7 cm³/mol. The minimum Gasteiger partial charge on any atom is -0.478 e. The fraction of sp³-hybridized carbons (Fsp3) is 0.312. The molecule has 1 fully saturated rings. The maximum atomic E-state index is 12.3. The number of imide groups is 1. The van der Waals surface area contributed by atoms with Crippen molar-refractivity contribution >= 4 is 29.5 Å². The number of hydrogen-bond acceptors (Lipinski definition) is 3. The molecule has 0 bridgehead atoms.